The second-order valence-electron chi connectivity index (χ2n) is 5.88. The fourth-order valence-electron chi connectivity index (χ4n) is 2.72. The molecule has 22 heavy (non-hydrogen) atoms. The van der Waals surface area contributed by atoms with Crippen LogP contribution in [0.5, 0.6) is 0 Å². The summed E-state index contributed by atoms with van der Waals surface area (Å²) < 4.78 is 31.9. The molecule has 7 nitrogen and oxygen atoms in total. The number of nitrogens with one attached hydrogen (secondary N) is 2. The van der Waals surface area contributed by atoms with Gasteiger partial charge in [-0.05, 0) is 19.8 Å². The molecule has 1 aromatic heterocycles. The molecule has 0 atom stereocenters. The Hall–Kier alpha value is -1.38. The van der Waals surface area contributed by atoms with Crippen LogP contribution in [-0.2, 0) is 10.0 Å². The summed E-state index contributed by atoms with van der Waals surface area (Å²) in [6.45, 7) is 5.00. The number of amides is 1. The minimum absolute atomic E-state index is 0.0579. The number of hydrogen-bond acceptors (Lipinski definition) is 5. The number of aryl methyl sites for hydroxylation is 1. The predicted octanol–water partition coefficient (Wildman–Crippen LogP) is 0.322. The van der Waals surface area contributed by atoms with E-state index < -0.39 is 10.0 Å². The van der Waals surface area contributed by atoms with Crippen LogP contribution in [0.25, 0.3) is 0 Å². The summed E-state index contributed by atoms with van der Waals surface area (Å²) in [6.07, 6.45) is 1.75. The number of hydrogen-bond donors (Lipinski definition) is 2. The molecule has 0 spiro atoms. The number of carbonyl (C=O) groups excluding carboxylic acids is 1. The first kappa shape index (κ1) is 15.5. The number of rotatable bonds is 5. The largest absolute Gasteiger partial charge is 0.455 e. The van der Waals surface area contributed by atoms with Crippen LogP contribution in [0.1, 0.15) is 29.2 Å². The van der Waals surface area contributed by atoms with Gasteiger partial charge in [0.2, 0.25) is 10.0 Å². The van der Waals surface area contributed by atoms with Crippen molar-refractivity contribution in [3.8, 4) is 0 Å². The molecular formula is C14H21N3O4S. The third kappa shape index (κ3) is 2.90. The quantitative estimate of drug-likeness (QED) is 0.813. The van der Waals surface area contributed by atoms with E-state index in [0.717, 1.165) is 25.9 Å². The maximum Gasteiger partial charge on any atom is 0.287 e. The molecule has 122 valence electrons. The van der Waals surface area contributed by atoms with Gasteiger partial charge in [-0.15, -0.1) is 0 Å². The molecule has 2 N–H and O–H groups in total. The van der Waals surface area contributed by atoms with Crippen LogP contribution in [0.2, 0.25) is 0 Å². The highest BCUT2D eigenvalue weighted by molar-refractivity contribution is 7.89. The van der Waals surface area contributed by atoms with Gasteiger partial charge in [-0.25, -0.2) is 8.42 Å². The highest BCUT2D eigenvalue weighted by Gasteiger charge is 2.31. The fraction of sp³-hybridized carbons (Fsp3) is 0.643. The van der Waals surface area contributed by atoms with Crippen molar-refractivity contribution in [1.29, 1.82) is 0 Å². The van der Waals surface area contributed by atoms with Crippen molar-refractivity contribution >= 4 is 15.9 Å². The third-order valence-corrected chi connectivity index (χ3v) is 6.20. The van der Waals surface area contributed by atoms with Crippen LogP contribution in [0.15, 0.2) is 15.4 Å². The summed E-state index contributed by atoms with van der Waals surface area (Å²) in [5.74, 6) is 0.399. The average molecular weight is 327 g/mol. The zero-order chi connectivity index (χ0) is 15.7. The van der Waals surface area contributed by atoms with E-state index in [-0.39, 0.29) is 22.3 Å². The first-order chi connectivity index (χ1) is 10.5. The van der Waals surface area contributed by atoms with E-state index in [9.17, 15) is 13.2 Å². The summed E-state index contributed by atoms with van der Waals surface area (Å²) in [5.41, 5.74) is 0. The van der Waals surface area contributed by atoms with E-state index in [4.69, 9.17) is 4.42 Å². The molecule has 0 bridgehead atoms. The molecule has 2 aliphatic heterocycles. The Balaban J connectivity index is 1.73. The van der Waals surface area contributed by atoms with Crippen molar-refractivity contribution in [2.24, 2.45) is 5.92 Å². The maximum atomic E-state index is 12.5. The molecule has 2 saturated heterocycles. The lowest BCUT2D eigenvalue weighted by atomic mass is 10.0. The summed E-state index contributed by atoms with van der Waals surface area (Å²) in [4.78, 5) is 12.2. The summed E-state index contributed by atoms with van der Waals surface area (Å²) in [7, 11) is -3.56. The molecule has 2 aliphatic rings. The van der Waals surface area contributed by atoms with Crippen molar-refractivity contribution in [1.82, 2.24) is 14.9 Å². The van der Waals surface area contributed by atoms with Crippen LogP contribution in [0.3, 0.4) is 0 Å². The van der Waals surface area contributed by atoms with Gasteiger partial charge in [0.25, 0.3) is 5.91 Å². The Kier molecular flexibility index (Phi) is 4.24. The SMILES string of the molecule is Cc1oc(C(=O)NCC2CNC2)cc1S(=O)(=O)N1CCCC1. The second kappa shape index (κ2) is 6.02. The fourth-order valence-corrected chi connectivity index (χ4v) is 4.40. The van der Waals surface area contributed by atoms with Crippen LogP contribution in [0, 0.1) is 12.8 Å². The second-order valence-corrected chi connectivity index (χ2v) is 7.78. The van der Waals surface area contributed by atoms with Crippen LogP contribution in [-0.4, -0.2) is 51.4 Å². The first-order valence-electron chi connectivity index (χ1n) is 7.58. The number of carbonyl (C=O) groups is 1. The van der Waals surface area contributed by atoms with Crippen LogP contribution < -0.4 is 10.6 Å². The van der Waals surface area contributed by atoms with Gasteiger partial charge in [-0.3, -0.25) is 4.79 Å². The Labute approximate surface area is 130 Å². The van der Waals surface area contributed by atoms with E-state index in [2.05, 4.69) is 10.6 Å². The zero-order valence-corrected chi connectivity index (χ0v) is 13.4. The van der Waals surface area contributed by atoms with Crippen LogP contribution in [0.4, 0.5) is 0 Å². The summed E-state index contributed by atoms with van der Waals surface area (Å²) in [5, 5.41) is 5.91. The van der Waals surface area contributed by atoms with Crippen molar-refractivity contribution in [3.63, 3.8) is 0 Å². The predicted molar refractivity (Wildman–Crippen MR) is 80.1 cm³/mol. The lowest BCUT2D eigenvalue weighted by molar-refractivity contribution is 0.0913. The van der Waals surface area contributed by atoms with Gasteiger partial charge in [-0.2, -0.15) is 4.31 Å². The normalized spacial score (nSPS) is 20.0. The maximum absolute atomic E-state index is 12.5. The molecule has 2 fully saturated rings. The van der Waals surface area contributed by atoms with E-state index in [1.54, 1.807) is 6.92 Å². The molecule has 0 aliphatic carbocycles. The molecule has 0 unspecified atom stereocenters. The molecule has 3 rings (SSSR count). The lowest BCUT2D eigenvalue weighted by Crippen LogP contribution is -2.48. The molecule has 0 radical (unpaired) electrons. The molecule has 1 aromatic rings. The smallest absolute Gasteiger partial charge is 0.287 e. The van der Waals surface area contributed by atoms with Gasteiger partial charge >= 0.3 is 0 Å². The van der Waals surface area contributed by atoms with Gasteiger partial charge in [0.15, 0.2) is 5.76 Å². The number of sulfonamides is 1. The molecular weight excluding hydrogens is 306 g/mol. The standard InChI is InChI=1S/C14H21N3O4S/c1-10-13(22(19,20)17-4-2-3-5-17)6-12(21-10)14(18)16-9-11-7-15-8-11/h6,11,15H,2-5,7-9H2,1H3,(H,16,18). The monoisotopic (exact) mass is 327 g/mol. The molecule has 0 aromatic carbocycles. The van der Waals surface area contributed by atoms with Crippen molar-refractivity contribution < 1.29 is 17.6 Å². The summed E-state index contributed by atoms with van der Waals surface area (Å²) >= 11 is 0. The molecule has 8 heteroatoms. The zero-order valence-electron chi connectivity index (χ0n) is 12.6. The summed E-state index contributed by atoms with van der Waals surface area (Å²) in [6, 6.07) is 1.34. The highest BCUT2D eigenvalue weighted by atomic mass is 32.2. The van der Waals surface area contributed by atoms with Gasteiger partial charge in [-0.1, -0.05) is 0 Å². The van der Waals surface area contributed by atoms with Gasteiger partial charge in [0.1, 0.15) is 10.7 Å². The average Bonchev–Trinajstić information content (AvgIpc) is 3.05. The molecule has 1 amide bonds. The van der Waals surface area contributed by atoms with Crippen molar-refractivity contribution in [3.05, 3.63) is 17.6 Å². The topological polar surface area (TPSA) is 91.6 Å². The van der Waals surface area contributed by atoms with Gasteiger partial charge in [0, 0.05) is 44.7 Å². The van der Waals surface area contributed by atoms with Gasteiger partial charge in [0.05, 0.1) is 0 Å². The minimum Gasteiger partial charge on any atom is -0.455 e. The highest BCUT2D eigenvalue weighted by Crippen LogP contribution is 2.26. The van der Waals surface area contributed by atoms with E-state index in [0.29, 0.717) is 25.6 Å². The molecule has 0 saturated carbocycles. The third-order valence-electron chi connectivity index (χ3n) is 4.20. The molecule has 3 heterocycles. The number of furan rings is 1. The lowest BCUT2D eigenvalue weighted by Gasteiger charge is -2.26. The van der Waals surface area contributed by atoms with E-state index >= 15 is 0 Å². The Morgan fingerprint density at radius 2 is 2.09 bits per heavy atom. The minimum atomic E-state index is -3.56. The van der Waals surface area contributed by atoms with Crippen LogP contribution >= 0.6 is 0 Å². The Bertz CT molecular complexity index is 658. The first-order valence-corrected chi connectivity index (χ1v) is 9.02. The van der Waals surface area contributed by atoms with E-state index in [1.807, 2.05) is 0 Å². The van der Waals surface area contributed by atoms with Crippen molar-refractivity contribution in [2.45, 2.75) is 24.7 Å². The van der Waals surface area contributed by atoms with E-state index in [1.165, 1.54) is 10.4 Å². The van der Waals surface area contributed by atoms with Crippen molar-refractivity contribution in [2.75, 3.05) is 32.7 Å². The number of nitrogens with zero attached hydrogens (tertiary/aromatic N) is 1. The Morgan fingerprint density at radius 1 is 1.41 bits per heavy atom. The Morgan fingerprint density at radius 3 is 2.68 bits per heavy atom. The van der Waals surface area contributed by atoms with Gasteiger partial charge < -0.3 is 15.1 Å².